The van der Waals surface area contributed by atoms with Gasteiger partial charge in [0.25, 0.3) is 5.91 Å². The summed E-state index contributed by atoms with van der Waals surface area (Å²) in [5, 5.41) is 4.22. The van der Waals surface area contributed by atoms with Crippen LogP contribution in [0.1, 0.15) is 52.0 Å². The Morgan fingerprint density at radius 3 is 2.56 bits per heavy atom. The summed E-state index contributed by atoms with van der Waals surface area (Å²) in [6.45, 7) is 12.1. The Bertz CT molecular complexity index is 1040. The van der Waals surface area contributed by atoms with Crippen molar-refractivity contribution in [3.05, 3.63) is 60.3 Å². The highest BCUT2D eigenvalue weighted by Gasteiger charge is 2.25. The number of anilines is 1. The average Bonchev–Trinajstić information content (AvgIpc) is 3.17. The highest BCUT2D eigenvalue weighted by atomic mass is 16.5. The molecular formula is C27H35N3O2. The van der Waals surface area contributed by atoms with Gasteiger partial charge >= 0.3 is 0 Å². The molecule has 1 aromatic heterocycles. The van der Waals surface area contributed by atoms with E-state index in [1.807, 2.05) is 42.5 Å². The van der Waals surface area contributed by atoms with Crippen LogP contribution in [0, 0.1) is 5.41 Å². The van der Waals surface area contributed by atoms with Crippen LogP contribution < -0.4 is 10.1 Å². The summed E-state index contributed by atoms with van der Waals surface area (Å²) >= 11 is 0. The third-order valence-corrected chi connectivity index (χ3v) is 6.13. The van der Waals surface area contributed by atoms with E-state index >= 15 is 0 Å². The number of H-pyrrole nitrogens is 1. The molecule has 2 N–H and O–H groups in total. The summed E-state index contributed by atoms with van der Waals surface area (Å²) in [5.41, 5.74) is 3.61. The summed E-state index contributed by atoms with van der Waals surface area (Å²) in [7, 11) is 0. The molecule has 3 aromatic rings. The van der Waals surface area contributed by atoms with Gasteiger partial charge in [-0.1, -0.05) is 39.0 Å². The number of aromatic nitrogens is 1. The second-order valence-electron chi connectivity index (χ2n) is 10.2. The lowest BCUT2D eigenvalue weighted by molar-refractivity contribution is -0.122. The number of likely N-dealkylation sites (tertiary alicyclic amines) is 1. The topological polar surface area (TPSA) is 57.4 Å². The molecule has 0 bridgehead atoms. The smallest absolute Gasteiger partial charge is 0.265 e. The molecule has 5 nitrogen and oxygen atoms in total. The number of nitrogens with one attached hydrogen (secondary N) is 2. The van der Waals surface area contributed by atoms with E-state index in [0.29, 0.717) is 17.1 Å². The van der Waals surface area contributed by atoms with Crippen molar-refractivity contribution in [2.75, 3.05) is 25.0 Å². The van der Waals surface area contributed by atoms with Crippen LogP contribution in [-0.2, 0) is 4.79 Å². The number of carbonyl (C=O) groups is 1. The number of amides is 1. The Labute approximate surface area is 191 Å². The van der Waals surface area contributed by atoms with Gasteiger partial charge in [0.05, 0.1) is 0 Å². The van der Waals surface area contributed by atoms with Crippen LogP contribution in [-0.4, -0.2) is 41.5 Å². The Hall–Kier alpha value is -2.79. The number of piperidine rings is 1. The monoisotopic (exact) mass is 433 g/mol. The molecule has 0 saturated carbocycles. The molecule has 1 atom stereocenters. The first-order valence-corrected chi connectivity index (χ1v) is 11.6. The van der Waals surface area contributed by atoms with Gasteiger partial charge in [-0.3, -0.25) is 4.79 Å². The van der Waals surface area contributed by atoms with Gasteiger partial charge in [0.2, 0.25) is 0 Å². The van der Waals surface area contributed by atoms with Crippen molar-refractivity contribution in [1.82, 2.24) is 9.88 Å². The van der Waals surface area contributed by atoms with Crippen molar-refractivity contribution in [1.29, 1.82) is 0 Å². The number of para-hydroxylation sites is 1. The molecule has 170 valence electrons. The highest BCUT2D eigenvalue weighted by molar-refractivity contribution is 5.97. The second kappa shape index (κ2) is 9.37. The summed E-state index contributed by atoms with van der Waals surface area (Å²) in [6.07, 6.45) is 3.91. The summed E-state index contributed by atoms with van der Waals surface area (Å²) in [5.74, 6) is 1.09. The molecule has 0 radical (unpaired) electrons. The van der Waals surface area contributed by atoms with Crippen LogP contribution in [0.25, 0.3) is 10.9 Å². The molecule has 1 fully saturated rings. The molecule has 0 aliphatic carbocycles. The molecule has 1 unspecified atom stereocenters. The van der Waals surface area contributed by atoms with E-state index in [2.05, 4.69) is 48.2 Å². The van der Waals surface area contributed by atoms with Gasteiger partial charge in [-0.2, -0.15) is 0 Å². The standard InChI is InChI=1S/C27H35N3O2/c1-19(32-22-8-6-5-7-9-22)26(31)29-21-10-11-25-23(16-21)24(17-28-25)20-12-14-30(15-13-20)18-27(2,3)4/h5-11,16-17,19-20,28H,12-15,18H2,1-4H3,(H,29,31). The Morgan fingerprint density at radius 2 is 1.88 bits per heavy atom. The fourth-order valence-electron chi connectivity index (χ4n) is 4.63. The number of ether oxygens (including phenoxy) is 1. The molecule has 4 rings (SSSR count). The van der Waals surface area contributed by atoms with Crippen LogP contribution in [0.2, 0.25) is 0 Å². The number of rotatable bonds is 6. The minimum atomic E-state index is -0.578. The van der Waals surface area contributed by atoms with Crippen LogP contribution in [0.4, 0.5) is 5.69 Å². The predicted molar refractivity (Wildman–Crippen MR) is 131 cm³/mol. The van der Waals surface area contributed by atoms with Gasteiger partial charge in [0.15, 0.2) is 6.10 Å². The van der Waals surface area contributed by atoms with Crippen molar-refractivity contribution in [3.63, 3.8) is 0 Å². The van der Waals surface area contributed by atoms with E-state index in [1.165, 1.54) is 23.8 Å². The minimum Gasteiger partial charge on any atom is -0.481 e. The third kappa shape index (κ3) is 5.52. The lowest BCUT2D eigenvalue weighted by Crippen LogP contribution is -2.38. The quantitative estimate of drug-likeness (QED) is 0.517. The van der Waals surface area contributed by atoms with Gasteiger partial charge in [-0.05, 0) is 80.1 Å². The van der Waals surface area contributed by atoms with Gasteiger partial charge in [-0.15, -0.1) is 0 Å². The lowest BCUT2D eigenvalue weighted by atomic mass is 9.87. The van der Waals surface area contributed by atoms with Gasteiger partial charge in [0, 0.05) is 29.3 Å². The minimum absolute atomic E-state index is 0.152. The van der Waals surface area contributed by atoms with Gasteiger partial charge < -0.3 is 19.9 Å². The molecule has 1 aliphatic heterocycles. The van der Waals surface area contributed by atoms with Gasteiger partial charge in [-0.25, -0.2) is 0 Å². The Kier molecular flexibility index (Phi) is 6.56. The zero-order chi connectivity index (χ0) is 22.7. The van der Waals surface area contributed by atoms with E-state index in [9.17, 15) is 4.79 Å². The predicted octanol–water partition coefficient (Wildman–Crippen LogP) is 5.80. The maximum absolute atomic E-state index is 12.7. The van der Waals surface area contributed by atoms with Crippen LogP contribution in [0.5, 0.6) is 5.75 Å². The number of hydrogen-bond acceptors (Lipinski definition) is 3. The van der Waals surface area contributed by atoms with E-state index in [-0.39, 0.29) is 5.91 Å². The first kappa shape index (κ1) is 22.4. The summed E-state index contributed by atoms with van der Waals surface area (Å²) in [4.78, 5) is 18.7. The number of aromatic amines is 1. The van der Waals surface area contributed by atoms with Crippen molar-refractivity contribution in [3.8, 4) is 5.75 Å². The van der Waals surface area contributed by atoms with Crippen LogP contribution in [0.3, 0.4) is 0 Å². The number of fused-ring (bicyclic) bond motifs is 1. The Morgan fingerprint density at radius 1 is 1.16 bits per heavy atom. The molecular weight excluding hydrogens is 398 g/mol. The fourth-order valence-corrected chi connectivity index (χ4v) is 4.63. The molecule has 1 saturated heterocycles. The number of nitrogens with zero attached hydrogens (tertiary/aromatic N) is 1. The highest BCUT2D eigenvalue weighted by Crippen LogP contribution is 2.35. The van der Waals surface area contributed by atoms with Crippen LogP contribution >= 0.6 is 0 Å². The molecule has 1 amide bonds. The number of benzene rings is 2. The molecule has 2 heterocycles. The van der Waals surface area contributed by atoms with E-state index in [4.69, 9.17) is 4.74 Å². The van der Waals surface area contributed by atoms with Gasteiger partial charge in [0.1, 0.15) is 5.75 Å². The maximum Gasteiger partial charge on any atom is 0.265 e. The fraction of sp³-hybridized carbons (Fsp3) is 0.444. The lowest BCUT2D eigenvalue weighted by Gasteiger charge is -2.36. The van der Waals surface area contributed by atoms with Crippen molar-refractivity contribution in [2.45, 2.75) is 52.6 Å². The number of carbonyl (C=O) groups excluding carboxylic acids is 1. The normalized spacial score (nSPS) is 16.8. The zero-order valence-electron chi connectivity index (χ0n) is 19.7. The van der Waals surface area contributed by atoms with Crippen molar-refractivity contribution >= 4 is 22.5 Å². The van der Waals surface area contributed by atoms with E-state index in [1.54, 1.807) is 6.92 Å². The van der Waals surface area contributed by atoms with E-state index in [0.717, 1.165) is 30.8 Å². The first-order valence-electron chi connectivity index (χ1n) is 11.6. The third-order valence-electron chi connectivity index (χ3n) is 6.13. The second-order valence-corrected chi connectivity index (χ2v) is 10.2. The molecule has 32 heavy (non-hydrogen) atoms. The van der Waals surface area contributed by atoms with Crippen LogP contribution in [0.15, 0.2) is 54.7 Å². The molecule has 2 aromatic carbocycles. The van der Waals surface area contributed by atoms with Crippen molar-refractivity contribution in [2.24, 2.45) is 5.41 Å². The molecule has 5 heteroatoms. The summed E-state index contributed by atoms with van der Waals surface area (Å²) in [6, 6.07) is 15.5. The SMILES string of the molecule is CC(Oc1ccccc1)C(=O)Nc1ccc2[nH]cc(C3CCN(CC(C)(C)C)CC3)c2c1. The van der Waals surface area contributed by atoms with Crippen molar-refractivity contribution < 1.29 is 9.53 Å². The first-order chi connectivity index (χ1) is 15.3. The number of hydrogen-bond donors (Lipinski definition) is 2. The zero-order valence-corrected chi connectivity index (χ0v) is 19.7. The maximum atomic E-state index is 12.7. The average molecular weight is 434 g/mol. The Balaban J connectivity index is 1.42. The molecule has 0 spiro atoms. The van der Waals surface area contributed by atoms with E-state index < -0.39 is 6.10 Å². The molecule has 1 aliphatic rings. The summed E-state index contributed by atoms with van der Waals surface area (Å²) < 4.78 is 5.76. The largest absolute Gasteiger partial charge is 0.481 e.